The minimum atomic E-state index is 1.13. The van der Waals surface area contributed by atoms with Gasteiger partial charge in [-0.15, -0.1) is 0 Å². The SMILES string of the molecule is CCC(C)=Cc1cc(C)ccc1C. The van der Waals surface area contributed by atoms with Gasteiger partial charge >= 0.3 is 0 Å². The molecule has 1 rings (SSSR count). The first-order valence-electron chi connectivity index (χ1n) is 4.88. The number of allylic oxidation sites excluding steroid dienone is 1. The second kappa shape index (κ2) is 4.27. The maximum Gasteiger partial charge on any atom is -0.0225 e. The Hall–Kier alpha value is -1.04. The van der Waals surface area contributed by atoms with Crippen molar-refractivity contribution in [3.05, 3.63) is 40.5 Å². The third kappa shape index (κ3) is 2.73. The van der Waals surface area contributed by atoms with Crippen LogP contribution in [0.3, 0.4) is 0 Å². The van der Waals surface area contributed by atoms with Gasteiger partial charge in [0, 0.05) is 0 Å². The Morgan fingerprint density at radius 1 is 1.31 bits per heavy atom. The van der Waals surface area contributed by atoms with E-state index in [1.165, 1.54) is 22.3 Å². The summed E-state index contributed by atoms with van der Waals surface area (Å²) in [5.41, 5.74) is 5.49. The highest BCUT2D eigenvalue weighted by atomic mass is 14.0. The Bertz CT molecular complexity index is 319. The molecule has 0 nitrogen and oxygen atoms in total. The molecule has 0 aromatic heterocycles. The van der Waals surface area contributed by atoms with Crippen molar-refractivity contribution in [2.75, 3.05) is 0 Å². The van der Waals surface area contributed by atoms with Gasteiger partial charge in [-0.1, -0.05) is 42.3 Å². The molecule has 13 heavy (non-hydrogen) atoms. The van der Waals surface area contributed by atoms with Crippen LogP contribution in [0.5, 0.6) is 0 Å². The second-order valence-corrected chi connectivity index (χ2v) is 3.70. The van der Waals surface area contributed by atoms with Crippen molar-refractivity contribution >= 4 is 6.08 Å². The zero-order valence-corrected chi connectivity index (χ0v) is 9.02. The second-order valence-electron chi connectivity index (χ2n) is 3.70. The molecule has 1 aromatic carbocycles. The van der Waals surface area contributed by atoms with Crippen LogP contribution in [0.15, 0.2) is 23.8 Å². The van der Waals surface area contributed by atoms with Crippen LogP contribution in [0, 0.1) is 13.8 Å². The number of benzene rings is 1. The minimum absolute atomic E-state index is 1.13. The molecular weight excluding hydrogens is 156 g/mol. The van der Waals surface area contributed by atoms with E-state index < -0.39 is 0 Å². The molecule has 0 aliphatic heterocycles. The van der Waals surface area contributed by atoms with Gasteiger partial charge in [0.1, 0.15) is 0 Å². The molecule has 1 aromatic rings. The van der Waals surface area contributed by atoms with E-state index in [1.54, 1.807) is 0 Å². The van der Waals surface area contributed by atoms with Crippen molar-refractivity contribution in [1.29, 1.82) is 0 Å². The summed E-state index contributed by atoms with van der Waals surface area (Å²) in [6.07, 6.45) is 3.41. The van der Waals surface area contributed by atoms with Crippen molar-refractivity contribution in [2.45, 2.75) is 34.1 Å². The van der Waals surface area contributed by atoms with E-state index >= 15 is 0 Å². The van der Waals surface area contributed by atoms with E-state index in [1.807, 2.05) is 0 Å². The number of rotatable bonds is 2. The lowest BCUT2D eigenvalue weighted by Crippen LogP contribution is -1.83. The average Bonchev–Trinajstić information content (AvgIpc) is 2.11. The molecule has 70 valence electrons. The molecular formula is C13H18. The summed E-state index contributed by atoms with van der Waals surface area (Å²) in [4.78, 5) is 0. The fraction of sp³-hybridized carbons (Fsp3) is 0.385. The Kier molecular flexibility index (Phi) is 3.30. The highest BCUT2D eigenvalue weighted by Gasteiger charge is 1.95. The summed E-state index contributed by atoms with van der Waals surface area (Å²) in [7, 11) is 0. The smallest absolute Gasteiger partial charge is 0.0225 e. The van der Waals surface area contributed by atoms with Crippen LogP contribution in [0.2, 0.25) is 0 Å². The van der Waals surface area contributed by atoms with E-state index in [9.17, 15) is 0 Å². The van der Waals surface area contributed by atoms with Crippen LogP contribution < -0.4 is 0 Å². The van der Waals surface area contributed by atoms with Crippen molar-refractivity contribution < 1.29 is 0 Å². The van der Waals surface area contributed by atoms with Crippen LogP contribution in [-0.4, -0.2) is 0 Å². The molecule has 0 heterocycles. The van der Waals surface area contributed by atoms with Gasteiger partial charge < -0.3 is 0 Å². The van der Waals surface area contributed by atoms with E-state index in [-0.39, 0.29) is 0 Å². The van der Waals surface area contributed by atoms with Gasteiger partial charge in [-0.05, 0) is 38.3 Å². The van der Waals surface area contributed by atoms with Crippen LogP contribution >= 0.6 is 0 Å². The zero-order valence-electron chi connectivity index (χ0n) is 9.02. The zero-order chi connectivity index (χ0) is 9.84. The summed E-state index contributed by atoms with van der Waals surface area (Å²) in [5.74, 6) is 0. The average molecular weight is 174 g/mol. The minimum Gasteiger partial charge on any atom is -0.0730 e. The van der Waals surface area contributed by atoms with Crippen LogP contribution in [0.25, 0.3) is 6.08 Å². The highest BCUT2D eigenvalue weighted by Crippen LogP contribution is 2.15. The van der Waals surface area contributed by atoms with Gasteiger partial charge in [0.25, 0.3) is 0 Å². The van der Waals surface area contributed by atoms with Crippen molar-refractivity contribution in [3.8, 4) is 0 Å². The van der Waals surface area contributed by atoms with E-state index in [0.717, 1.165) is 6.42 Å². The quantitative estimate of drug-likeness (QED) is 0.632. The maximum atomic E-state index is 2.28. The Labute approximate surface area is 81.3 Å². The number of hydrogen-bond acceptors (Lipinski definition) is 0. The van der Waals surface area contributed by atoms with Gasteiger partial charge in [-0.2, -0.15) is 0 Å². The molecule has 0 saturated carbocycles. The fourth-order valence-corrected chi connectivity index (χ4v) is 1.28. The molecule has 0 heteroatoms. The monoisotopic (exact) mass is 174 g/mol. The van der Waals surface area contributed by atoms with Crippen LogP contribution in [0.1, 0.15) is 37.0 Å². The predicted octanol–water partition coefficient (Wildman–Crippen LogP) is 4.12. The number of hydrogen-bond donors (Lipinski definition) is 0. The molecule has 0 aliphatic carbocycles. The van der Waals surface area contributed by atoms with Crippen LogP contribution in [-0.2, 0) is 0 Å². The number of aryl methyl sites for hydroxylation is 2. The first-order valence-corrected chi connectivity index (χ1v) is 4.88. The molecule has 0 atom stereocenters. The topological polar surface area (TPSA) is 0 Å². The first kappa shape index (κ1) is 10.0. The molecule has 0 aliphatic rings. The van der Waals surface area contributed by atoms with Gasteiger partial charge in [0.15, 0.2) is 0 Å². The molecule has 0 bridgehead atoms. The van der Waals surface area contributed by atoms with Gasteiger partial charge in [0.05, 0.1) is 0 Å². The van der Waals surface area contributed by atoms with Crippen molar-refractivity contribution in [1.82, 2.24) is 0 Å². The first-order chi connectivity index (χ1) is 6.13. The summed E-state index contributed by atoms with van der Waals surface area (Å²) >= 11 is 0. The highest BCUT2D eigenvalue weighted by molar-refractivity contribution is 5.56. The molecule has 0 radical (unpaired) electrons. The molecule has 0 unspecified atom stereocenters. The molecule has 0 fully saturated rings. The van der Waals surface area contributed by atoms with Gasteiger partial charge in [0.2, 0.25) is 0 Å². The van der Waals surface area contributed by atoms with E-state index in [2.05, 4.69) is 52.0 Å². The van der Waals surface area contributed by atoms with Crippen molar-refractivity contribution in [2.24, 2.45) is 0 Å². The Morgan fingerprint density at radius 3 is 2.62 bits per heavy atom. The maximum absolute atomic E-state index is 2.28. The summed E-state index contributed by atoms with van der Waals surface area (Å²) in [5, 5.41) is 0. The lowest BCUT2D eigenvalue weighted by molar-refractivity contribution is 1.11. The molecule has 0 N–H and O–H groups in total. The van der Waals surface area contributed by atoms with E-state index in [4.69, 9.17) is 0 Å². The lowest BCUT2D eigenvalue weighted by Gasteiger charge is -2.03. The largest absolute Gasteiger partial charge is 0.0730 e. The van der Waals surface area contributed by atoms with Gasteiger partial charge in [-0.3, -0.25) is 0 Å². The van der Waals surface area contributed by atoms with Crippen molar-refractivity contribution in [3.63, 3.8) is 0 Å². The third-order valence-corrected chi connectivity index (χ3v) is 2.39. The summed E-state index contributed by atoms with van der Waals surface area (Å²) < 4.78 is 0. The molecule has 0 amide bonds. The molecule has 0 spiro atoms. The summed E-state index contributed by atoms with van der Waals surface area (Å²) in [6.45, 7) is 8.67. The predicted molar refractivity (Wildman–Crippen MR) is 59.9 cm³/mol. The lowest BCUT2D eigenvalue weighted by atomic mass is 10.0. The van der Waals surface area contributed by atoms with E-state index in [0.29, 0.717) is 0 Å². The van der Waals surface area contributed by atoms with Gasteiger partial charge in [-0.25, -0.2) is 0 Å². The van der Waals surface area contributed by atoms with Crippen LogP contribution in [0.4, 0.5) is 0 Å². The standard InChI is InChI=1S/C13H18/c1-5-10(2)8-13-9-11(3)6-7-12(13)4/h6-9H,5H2,1-4H3. The summed E-state index contributed by atoms with van der Waals surface area (Å²) in [6, 6.07) is 6.59. The Morgan fingerprint density at radius 2 is 2.00 bits per heavy atom. The normalized spacial score (nSPS) is 11.8. The fourth-order valence-electron chi connectivity index (χ4n) is 1.28. The third-order valence-electron chi connectivity index (χ3n) is 2.39. The Balaban J connectivity index is 3.07. The molecule has 0 saturated heterocycles.